The van der Waals surface area contributed by atoms with Gasteiger partial charge >= 0.3 is 5.97 Å². The Labute approximate surface area is 206 Å². The summed E-state index contributed by atoms with van der Waals surface area (Å²) in [7, 11) is 1.63. The van der Waals surface area contributed by atoms with Gasteiger partial charge in [0.2, 0.25) is 0 Å². The average molecular weight is 495 g/mol. The van der Waals surface area contributed by atoms with E-state index in [9.17, 15) is 9.59 Å². The Hall–Kier alpha value is -3.10. The van der Waals surface area contributed by atoms with Crippen molar-refractivity contribution in [3.05, 3.63) is 90.1 Å². The number of esters is 1. The fraction of sp³-hybridized carbons (Fsp3) is 0.269. The van der Waals surface area contributed by atoms with Crippen LogP contribution in [-0.2, 0) is 9.53 Å². The van der Waals surface area contributed by atoms with E-state index in [1.54, 1.807) is 37.3 Å². The number of hydrogen-bond acceptors (Lipinski definition) is 7. The molecule has 6 nitrogen and oxygen atoms in total. The number of carbonyl (C=O) groups excluding carboxylic acids is 1. The van der Waals surface area contributed by atoms with Crippen molar-refractivity contribution in [2.75, 3.05) is 20.0 Å². The molecule has 0 N–H and O–H groups in total. The molecule has 0 aliphatic carbocycles. The smallest absolute Gasteiger partial charge is 0.338 e. The third kappa shape index (κ3) is 4.48. The lowest BCUT2D eigenvalue weighted by Gasteiger charge is -2.24. The van der Waals surface area contributed by atoms with Crippen LogP contribution >= 0.6 is 23.1 Å². The third-order valence-electron chi connectivity index (χ3n) is 5.68. The first-order valence-corrected chi connectivity index (χ1v) is 12.9. The summed E-state index contributed by atoms with van der Waals surface area (Å²) in [6, 6.07) is 13.1. The molecule has 0 radical (unpaired) electrons. The fourth-order valence-corrected chi connectivity index (χ4v) is 5.43. The molecule has 0 saturated carbocycles. The second-order valence-electron chi connectivity index (χ2n) is 7.80. The molecule has 0 fully saturated rings. The number of rotatable bonds is 6. The van der Waals surface area contributed by atoms with Gasteiger partial charge in [-0.15, -0.1) is 11.8 Å². The Morgan fingerprint density at radius 2 is 1.94 bits per heavy atom. The highest BCUT2D eigenvalue weighted by Crippen LogP contribution is 2.31. The van der Waals surface area contributed by atoms with Crippen molar-refractivity contribution < 1.29 is 14.3 Å². The minimum Gasteiger partial charge on any atom is -0.496 e. The summed E-state index contributed by atoms with van der Waals surface area (Å²) in [6.45, 7) is 5.77. The average Bonchev–Trinajstić information content (AvgIpc) is 3.13. The molecule has 1 atom stereocenters. The van der Waals surface area contributed by atoms with E-state index in [0.717, 1.165) is 27.3 Å². The predicted molar refractivity (Wildman–Crippen MR) is 136 cm³/mol. The van der Waals surface area contributed by atoms with Gasteiger partial charge in [0.1, 0.15) is 5.75 Å². The van der Waals surface area contributed by atoms with E-state index in [-0.39, 0.29) is 12.2 Å². The number of carbonyl (C=O) groups is 1. The Bertz CT molecular complexity index is 1450. The van der Waals surface area contributed by atoms with Crippen molar-refractivity contribution in [3.8, 4) is 5.75 Å². The molecular weight excluding hydrogens is 468 g/mol. The Morgan fingerprint density at radius 1 is 1.21 bits per heavy atom. The largest absolute Gasteiger partial charge is 0.496 e. The first kappa shape index (κ1) is 24.0. The van der Waals surface area contributed by atoms with Crippen LogP contribution < -0.4 is 19.6 Å². The summed E-state index contributed by atoms with van der Waals surface area (Å²) in [5, 5.41) is 0. The number of fused-ring (bicyclic) bond motifs is 1. The summed E-state index contributed by atoms with van der Waals surface area (Å²) >= 11 is 2.94. The number of hydrogen-bond donors (Lipinski definition) is 0. The van der Waals surface area contributed by atoms with E-state index in [0.29, 0.717) is 20.6 Å². The predicted octanol–water partition coefficient (Wildman–Crippen LogP) is 3.84. The molecule has 34 heavy (non-hydrogen) atoms. The highest BCUT2D eigenvalue weighted by molar-refractivity contribution is 7.98. The fourth-order valence-electron chi connectivity index (χ4n) is 3.97. The zero-order chi connectivity index (χ0) is 24.4. The molecule has 0 amide bonds. The summed E-state index contributed by atoms with van der Waals surface area (Å²) in [5.41, 5.74) is 3.45. The van der Waals surface area contributed by atoms with Crippen molar-refractivity contribution in [1.29, 1.82) is 0 Å². The Kier molecular flexibility index (Phi) is 7.09. The third-order valence-corrected chi connectivity index (χ3v) is 7.40. The van der Waals surface area contributed by atoms with Gasteiger partial charge in [-0.05, 0) is 68.0 Å². The van der Waals surface area contributed by atoms with Crippen molar-refractivity contribution in [3.63, 3.8) is 0 Å². The van der Waals surface area contributed by atoms with Crippen molar-refractivity contribution in [2.24, 2.45) is 4.99 Å². The zero-order valence-corrected chi connectivity index (χ0v) is 21.4. The van der Waals surface area contributed by atoms with Gasteiger partial charge in [0.15, 0.2) is 4.80 Å². The van der Waals surface area contributed by atoms with Gasteiger partial charge in [0.05, 0.1) is 35.6 Å². The standard InChI is InChI=1S/C26H26N2O4S2/c1-6-32-25(30)22-16(3)27-26-28(23(22)18-9-11-19(33-5)12-10-18)24(29)21(34-26)14-17-8-7-15(2)20(13-17)31-4/h7-14,23H,6H2,1-5H3. The molecule has 3 aromatic rings. The highest BCUT2D eigenvalue weighted by atomic mass is 32.2. The van der Waals surface area contributed by atoms with E-state index in [1.165, 1.54) is 11.3 Å². The van der Waals surface area contributed by atoms with Crippen LogP contribution in [0.1, 0.15) is 36.6 Å². The number of thiazole rings is 1. The van der Waals surface area contributed by atoms with E-state index in [1.807, 2.05) is 61.7 Å². The zero-order valence-electron chi connectivity index (χ0n) is 19.7. The van der Waals surface area contributed by atoms with Gasteiger partial charge in [-0.2, -0.15) is 0 Å². The van der Waals surface area contributed by atoms with Gasteiger partial charge in [0.25, 0.3) is 5.56 Å². The molecule has 1 aliphatic heterocycles. The SMILES string of the molecule is CCOC(=O)C1=C(C)N=c2sc(=Cc3ccc(C)c(OC)c3)c(=O)n2C1c1ccc(SC)cc1. The maximum Gasteiger partial charge on any atom is 0.338 e. The van der Waals surface area contributed by atoms with Crippen LogP contribution in [-0.4, -0.2) is 30.5 Å². The summed E-state index contributed by atoms with van der Waals surface area (Å²) in [6.07, 6.45) is 3.84. The van der Waals surface area contributed by atoms with Gasteiger partial charge in [-0.25, -0.2) is 9.79 Å². The minimum atomic E-state index is -0.610. The molecule has 2 heterocycles. The van der Waals surface area contributed by atoms with Crippen molar-refractivity contribution >= 4 is 35.1 Å². The van der Waals surface area contributed by atoms with E-state index >= 15 is 0 Å². The van der Waals surface area contributed by atoms with Crippen LogP contribution in [0.15, 0.2) is 68.4 Å². The molecule has 1 unspecified atom stereocenters. The number of methoxy groups -OCH3 is 1. The monoisotopic (exact) mass is 494 g/mol. The molecule has 4 rings (SSSR count). The molecule has 0 bridgehead atoms. The minimum absolute atomic E-state index is 0.198. The molecule has 0 saturated heterocycles. The number of ether oxygens (including phenoxy) is 2. The molecule has 1 aromatic heterocycles. The molecule has 2 aromatic carbocycles. The van der Waals surface area contributed by atoms with Gasteiger partial charge < -0.3 is 9.47 Å². The summed E-state index contributed by atoms with van der Waals surface area (Å²) in [4.78, 5) is 32.9. The lowest BCUT2D eigenvalue weighted by Crippen LogP contribution is -2.39. The van der Waals surface area contributed by atoms with Crippen molar-refractivity contribution in [2.45, 2.75) is 31.7 Å². The van der Waals surface area contributed by atoms with Crippen LogP contribution in [0, 0.1) is 6.92 Å². The van der Waals surface area contributed by atoms with Crippen LogP contribution in [0.3, 0.4) is 0 Å². The van der Waals surface area contributed by atoms with Crippen LogP contribution in [0.4, 0.5) is 0 Å². The number of thioether (sulfide) groups is 1. The second kappa shape index (κ2) is 10.0. The van der Waals surface area contributed by atoms with Gasteiger partial charge in [-0.3, -0.25) is 9.36 Å². The number of allylic oxidation sites excluding steroid dienone is 1. The number of benzene rings is 2. The van der Waals surface area contributed by atoms with Gasteiger partial charge in [-0.1, -0.05) is 35.6 Å². The maximum atomic E-state index is 13.7. The number of aryl methyl sites for hydroxylation is 1. The van der Waals surface area contributed by atoms with E-state index in [2.05, 4.69) is 4.99 Å². The highest BCUT2D eigenvalue weighted by Gasteiger charge is 2.33. The molecule has 0 spiro atoms. The van der Waals surface area contributed by atoms with Crippen LogP contribution in [0.25, 0.3) is 6.08 Å². The van der Waals surface area contributed by atoms with Crippen LogP contribution in [0.2, 0.25) is 0 Å². The maximum absolute atomic E-state index is 13.7. The van der Waals surface area contributed by atoms with E-state index < -0.39 is 12.0 Å². The first-order valence-electron chi connectivity index (χ1n) is 10.9. The Morgan fingerprint density at radius 3 is 2.59 bits per heavy atom. The van der Waals surface area contributed by atoms with Crippen LogP contribution in [0.5, 0.6) is 5.75 Å². The van der Waals surface area contributed by atoms with Crippen molar-refractivity contribution in [1.82, 2.24) is 4.57 Å². The lowest BCUT2D eigenvalue weighted by molar-refractivity contribution is -0.139. The number of nitrogens with zero attached hydrogens (tertiary/aromatic N) is 2. The Balaban J connectivity index is 1.93. The number of aromatic nitrogens is 1. The molecular formula is C26H26N2O4S2. The second-order valence-corrected chi connectivity index (χ2v) is 9.69. The van der Waals surface area contributed by atoms with E-state index in [4.69, 9.17) is 9.47 Å². The molecule has 8 heteroatoms. The quantitative estimate of drug-likeness (QED) is 0.385. The normalized spacial score (nSPS) is 15.7. The lowest BCUT2D eigenvalue weighted by atomic mass is 9.96. The molecule has 176 valence electrons. The first-order chi connectivity index (χ1) is 16.4. The topological polar surface area (TPSA) is 69.9 Å². The summed E-state index contributed by atoms with van der Waals surface area (Å²) < 4.78 is 12.9. The molecule has 1 aliphatic rings. The van der Waals surface area contributed by atoms with Gasteiger partial charge in [0, 0.05) is 4.90 Å². The summed E-state index contributed by atoms with van der Waals surface area (Å²) in [5.74, 6) is 0.300.